The van der Waals surface area contributed by atoms with Gasteiger partial charge in [0.05, 0.1) is 19.9 Å². The Labute approximate surface area is 150 Å². The Morgan fingerprint density at radius 3 is 2.40 bits per heavy atom. The summed E-state index contributed by atoms with van der Waals surface area (Å²) in [6, 6.07) is 5.98. The Morgan fingerprint density at radius 2 is 1.76 bits per heavy atom. The molecule has 6 nitrogen and oxygen atoms in total. The van der Waals surface area contributed by atoms with Crippen molar-refractivity contribution in [3.63, 3.8) is 0 Å². The maximum atomic E-state index is 12.6. The second-order valence-corrected chi connectivity index (χ2v) is 6.81. The number of hydrogen-bond donors (Lipinski definition) is 1. The van der Waals surface area contributed by atoms with Crippen LogP contribution < -0.4 is 14.8 Å². The molecule has 2 heterocycles. The van der Waals surface area contributed by atoms with Crippen LogP contribution in [0.25, 0.3) is 0 Å². The number of ether oxygens (including phenoxy) is 2. The third-order valence-corrected chi connectivity index (χ3v) is 5.31. The van der Waals surface area contributed by atoms with E-state index in [0.717, 1.165) is 25.9 Å². The van der Waals surface area contributed by atoms with Crippen LogP contribution in [0.1, 0.15) is 32.1 Å². The molecule has 25 heavy (non-hydrogen) atoms. The number of rotatable bonds is 4. The Balaban J connectivity index is 1.56. The average Bonchev–Trinajstić information content (AvgIpc) is 2.68. The molecule has 1 aromatic carbocycles. The van der Waals surface area contributed by atoms with Gasteiger partial charge in [-0.1, -0.05) is 6.42 Å². The molecule has 2 amide bonds. The number of hydrogen-bond acceptors (Lipinski definition) is 4. The van der Waals surface area contributed by atoms with Gasteiger partial charge in [0.1, 0.15) is 11.5 Å². The first-order chi connectivity index (χ1) is 12.2. The van der Waals surface area contributed by atoms with Crippen LogP contribution in [-0.2, 0) is 0 Å². The van der Waals surface area contributed by atoms with Gasteiger partial charge in [0.25, 0.3) is 0 Å². The third-order valence-electron chi connectivity index (χ3n) is 5.31. The fourth-order valence-corrected chi connectivity index (χ4v) is 3.82. The number of likely N-dealkylation sites (tertiary alicyclic amines) is 2. The number of methoxy groups -OCH3 is 2. The zero-order valence-electron chi connectivity index (χ0n) is 15.3. The van der Waals surface area contributed by atoms with Gasteiger partial charge in [-0.2, -0.15) is 0 Å². The second-order valence-electron chi connectivity index (χ2n) is 6.81. The summed E-state index contributed by atoms with van der Waals surface area (Å²) in [5.41, 5.74) is 0.644. The standard InChI is InChI=1S/C19H29N3O3/c1-24-16-6-7-18(25-2)17(14-16)20-19(23)22-12-8-15(9-13-22)21-10-4-3-5-11-21/h6-7,14-15H,3-5,8-13H2,1-2H3,(H,20,23). The molecule has 2 saturated heterocycles. The Morgan fingerprint density at radius 1 is 1.04 bits per heavy atom. The molecule has 2 aliphatic rings. The maximum Gasteiger partial charge on any atom is 0.321 e. The zero-order chi connectivity index (χ0) is 17.6. The van der Waals surface area contributed by atoms with E-state index >= 15 is 0 Å². The molecule has 1 N–H and O–H groups in total. The largest absolute Gasteiger partial charge is 0.497 e. The summed E-state index contributed by atoms with van der Waals surface area (Å²) in [6.45, 7) is 4.05. The average molecular weight is 347 g/mol. The minimum atomic E-state index is -0.0661. The summed E-state index contributed by atoms with van der Waals surface area (Å²) in [6.07, 6.45) is 6.11. The van der Waals surface area contributed by atoms with Crippen molar-refractivity contribution in [2.75, 3.05) is 45.7 Å². The van der Waals surface area contributed by atoms with E-state index in [9.17, 15) is 4.79 Å². The summed E-state index contributed by atoms with van der Waals surface area (Å²) in [5.74, 6) is 1.33. The van der Waals surface area contributed by atoms with E-state index in [1.165, 1.54) is 32.4 Å². The molecule has 138 valence electrons. The summed E-state index contributed by atoms with van der Waals surface area (Å²) < 4.78 is 10.6. The normalized spacial score (nSPS) is 19.5. The van der Waals surface area contributed by atoms with Crippen LogP contribution in [0.5, 0.6) is 11.5 Å². The Kier molecular flexibility index (Phi) is 6.02. The molecular weight excluding hydrogens is 318 g/mol. The lowest BCUT2D eigenvalue weighted by Gasteiger charge is -2.40. The zero-order valence-corrected chi connectivity index (χ0v) is 15.3. The van der Waals surface area contributed by atoms with Crippen LogP contribution in [0.3, 0.4) is 0 Å². The first-order valence-corrected chi connectivity index (χ1v) is 9.23. The molecular formula is C19H29N3O3. The topological polar surface area (TPSA) is 54.0 Å². The highest BCUT2D eigenvalue weighted by Gasteiger charge is 2.27. The van der Waals surface area contributed by atoms with Gasteiger partial charge in [0.15, 0.2) is 0 Å². The van der Waals surface area contributed by atoms with Crippen LogP contribution in [0.4, 0.5) is 10.5 Å². The molecule has 0 aromatic heterocycles. The number of nitrogens with zero attached hydrogens (tertiary/aromatic N) is 2. The smallest absolute Gasteiger partial charge is 0.321 e. The number of amides is 2. The van der Waals surface area contributed by atoms with Crippen LogP contribution in [-0.4, -0.2) is 62.3 Å². The number of benzene rings is 1. The number of carbonyl (C=O) groups is 1. The first kappa shape index (κ1) is 17.9. The lowest BCUT2D eigenvalue weighted by atomic mass is 10.00. The predicted octanol–water partition coefficient (Wildman–Crippen LogP) is 3.19. The third kappa shape index (κ3) is 4.37. The molecule has 0 spiro atoms. The Bertz CT molecular complexity index is 579. The van der Waals surface area contributed by atoms with Gasteiger partial charge in [-0.15, -0.1) is 0 Å². The van der Waals surface area contributed by atoms with Crippen LogP contribution in [0.15, 0.2) is 18.2 Å². The monoisotopic (exact) mass is 347 g/mol. The van der Waals surface area contributed by atoms with Crippen LogP contribution in [0.2, 0.25) is 0 Å². The fourth-order valence-electron chi connectivity index (χ4n) is 3.82. The summed E-state index contributed by atoms with van der Waals surface area (Å²) in [4.78, 5) is 17.1. The van der Waals surface area contributed by atoms with Gasteiger partial charge in [0, 0.05) is 25.2 Å². The highest BCUT2D eigenvalue weighted by atomic mass is 16.5. The van der Waals surface area contributed by atoms with Crippen LogP contribution in [0, 0.1) is 0 Å². The SMILES string of the molecule is COc1ccc(OC)c(NC(=O)N2CCC(N3CCCCC3)CC2)c1. The number of nitrogens with one attached hydrogen (secondary N) is 1. The highest BCUT2D eigenvalue weighted by molar-refractivity contribution is 5.91. The molecule has 0 atom stereocenters. The molecule has 0 unspecified atom stereocenters. The summed E-state index contributed by atoms with van der Waals surface area (Å²) in [7, 11) is 3.21. The van der Waals surface area contributed by atoms with Gasteiger partial charge >= 0.3 is 6.03 Å². The molecule has 0 radical (unpaired) electrons. The van der Waals surface area contributed by atoms with Gasteiger partial charge in [-0.25, -0.2) is 4.79 Å². The van der Waals surface area contributed by atoms with Crippen molar-refractivity contribution in [3.05, 3.63) is 18.2 Å². The second kappa shape index (κ2) is 8.43. The number of carbonyl (C=O) groups excluding carboxylic acids is 1. The molecule has 1 aromatic rings. The van der Waals surface area contributed by atoms with E-state index in [-0.39, 0.29) is 6.03 Å². The van der Waals surface area contributed by atoms with E-state index in [1.54, 1.807) is 26.4 Å². The van der Waals surface area contributed by atoms with E-state index < -0.39 is 0 Å². The lowest BCUT2D eigenvalue weighted by molar-refractivity contribution is 0.104. The van der Waals surface area contributed by atoms with E-state index in [4.69, 9.17) is 9.47 Å². The van der Waals surface area contributed by atoms with Crippen molar-refractivity contribution in [1.29, 1.82) is 0 Å². The van der Waals surface area contributed by atoms with Gasteiger partial charge in [-0.05, 0) is 50.9 Å². The molecule has 0 saturated carbocycles. The van der Waals surface area contributed by atoms with Crippen molar-refractivity contribution >= 4 is 11.7 Å². The van der Waals surface area contributed by atoms with Crippen molar-refractivity contribution in [2.45, 2.75) is 38.1 Å². The van der Waals surface area contributed by atoms with E-state index in [1.807, 2.05) is 11.0 Å². The number of urea groups is 1. The quantitative estimate of drug-likeness (QED) is 0.909. The van der Waals surface area contributed by atoms with Gasteiger partial charge < -0.3 is 24.6 Å². The maximum absolute atomic E-state index is 12.6. The molecule has 3 rings (SSSR count). The molecule has 0 bridgehead atoms. The van der Waals surface area contributed by atoms with Gasteiger partial charge in [-0.3, -0.25) is 0 Å². The molecule has 2 fully saturated rings. The predicted molar refractivity (Wildman–Crippen MR) is 98.6 cm³/mol. The lowest BCUT2D eigenvalue weighted by Crippen LogP contribution is -2.49. The van der Waals surface area contributed by atoms with Crippen molar-refractivity contribution < 1.29 is 14.3 Å². The van der Waals surface area contributed by atoms with E-state index in [2.05, 4.69) is 10.2 Å². The first-order valence-electron chi connectivity index (χ1n) is 9.23. The number of anilines is 1. The fraction of sp³-hybridized carbons (Fsp3) is 0.632. The van der Waals surface area contributed by atoms with Crippen molar-refractivity contribution in [2.24, 2.45) is 0 Å². The molecule has 2 aliphatic heterocycles. The highest BCUT2D eigenvalue weighted by Crippen LogP contribution is 2.29. The summed E-state index contributed by atoms with van der Waals surface area (Å²) in [5, 5.41) is 2.97. The van der Waals surface area contributed by atoms with E-state index in [0.29, 0.717) is 23.2 Å². The molecule has 6 heteroatoms. The molecule has 0 aliphatic carbocycles. The summed E-state index contributed by atoms with van der Waals surface area (Å²) >= 11 is 0. The van der Waals surface area contributed by atoms with Crippen molar-refractivity contribution in [1.82, 2.24) is 9.80 Å². The van der Waals surface area contributed by atoms with Crippen LogP contribution >= 0.6 is 0 Å². The minimum absolute atomic E-state index is 0.0661. The van der Waals surface area contributed by atoms with Gasteiger partial charge in [0.2, 0.25) is 0 Å². The minimum Gasteiger partial charge on any atom is -0.497 e. The Hall–Kier alpha value is -1.95. The van der Waals surface area contributed by atoms with Crippen molar-refractivity contribution in [3.8, 4) is 11.5 Å². The number of piperidine rings is 2.